The van der Waals surface area contributed by atoms with E-state index in [0.29, 0.717) is 0 Å². The van der Waals surface area contributed by atoms with Crippen LogP contribution in [0.4, 0.5) is 0 Å². The molecular weight excluding hydrogens is 148 g/mol. The smallest absolute Gasteiger partial charge is 0.0271 e. The fraction of sp³-hybridized carbons (Fsp3) is 1.00. The van der Waals surface area contributed by atoms with Crippen LogP contribution in [0.15, 0.2) is 0 Å². The molecule has 0 aliphatic rings. The predicted molar refractivity (Wildman–Crippen MR) is 42.5 cm³/mol. The summed E-state index contributed by atoms with van der Waals surface area (Å²) in [5.41, 5.74) is 0. The molecule has 0 amide bonds. The van der Waals surface area contributed by atoms with Gasteiger partial charge in [0.05, 0.1) is 0 Å². The first-order chi connectivity index (χ1) is 4.50. The van der Waals surface area contributed by atoms with Gasteiger partial charge in [0.15, 0.2) is 0 Å². The van der Waals surface area contributed by atoms with Crippen LogP contribution in [0.1, 0.15) is 40.0 Å². The van der Waals surface area contributed by atoms with Crippen LogP contribution in [-0.2, 0) is 11.1 Å². The van der Waals surface area contributed by atoms with Crippen molar-refractivity contribution in [3.63, 3.8) is 0 Å². The van der Waals surface area contributed by atoms with Crippen LogP contribution in [-0.4, -0.2) is 13.5 Å². The van der Waals surface area contributed by atoms with E-state index in [1.54, 1.807) is 13.8 Å². The zero-order valence-electron chi connectivity index (χ0n) is 6.85. The average Bonchev–Trinajstić information content (AvgIpc) is 1.84. The Bertz CT molecular complexity index is 121. The Morgan fingerprint density at radius 2 is 2.00 bits per heavy atom. The predicted octanol–water partition coefficient (Wildman–Crippen LogP) is 1.83. The monoisotopic (exact) mass is 163 g/mol. The average molecular weight is 163 g/mol. The fourth-order valence-electron chi connectivity index (χ4n) is 0.686. The summed E-state index contributed by atoms with van der Waals surface area (Å²) in [7, 11) is 0. The molecular formula is C7H15O2S-. The van der Waals surface area contributed by atoms with E-state index in [-0.39, 0.29) is 0 Å². The highest BCUT2D eigenvalue weighted by molar-refractivity contribution is 7.80. The molecule has 62 valence electrons. The van der Waals surface area contributed by atoms with Gasteiger partial charge in [-0.2, -0.15) is 0 Å². The molecule has 3 heteroatoms. The van der Waals surface area contributed by atoms with Crippen molar-refractivity contribution in [2.24, 2.45) is 0 Å². The molecule has 0 N–H and O–H groups in total. The number of hydrogen-bond donors (Lipinski definition) is 0. The molecule has 0 saturated heterocycles. The number of hydrogen-bond acceptors (Lipinski definition) is 2. The SMILES string of the molecule is CCCCC(C)(C)S(=O)[O-]. The van der Waals surface area contributed by atoms with Crippen LogP contribution < -0.4 is 0 Å². The summed E-state index contributed by atoms with van der Waals surface area (Å²) >= 11 is -1.93. The Morgan fingerprint density at radius 1 is 1.50 bits per heavy atom. The van der Waals surface area contributed by atoms with Crippen LogP contribution in [0.2, 0.25) is 0 Å². The first-order valence-electron chi connectivity index (χ1n) is 3.60. The van der Waals surface area contributed by atoms with Gasteiger partial charge in [-0.1, -0.05) is 19.8 Å². The van der Waals surface area contributed by atoms with Gasteiger partial charge in [-0.3, -0.25) is 4.21 Å². The second-order valence-corrected chi connectivity index (χ2v) is 4.67. The van der Waals surface area contributed by atoms with Crippen molar-refractivity contribution in [3.8, 4) is 0 Å². The van der Waals surface area contributed by atoms with Crippen molar-refractivity contribution in [3.05, 3.63) is 0 Å². The molecule has 1 unspecified atom stereocenters. The van der Waals surface area contributed by atoms with Gasteiger partial charge in [0.2, 0.25) is 0 Å². The lowest BCUT2D eigenvalue weighted by atomic mass is 10.1. The van der Waals surface area contributed by atoms with E-state index < -0.39 is 15.8 Å². The van der Waals surface area contributed by atoms with Crippen LogP contribution in [0.25, 0.3) is 0 Å². The van der Waals surface area contributed by atoms with Gasteiger partial charge in [-0.25, -0.2) is 0 Å². The summed E-state index contributed by atoms with van der Waals surface area (Å²) in [4.78, 5) is 0. The Kier molecular flexibility index (Phi) is 4.13. The second-order valence-electron chi connectivity index (χ2n) is 3.10. The molecule has 0 aliphatic carbocycles. The lowest BCUT2D eigenvalue weighted by Crippen LogP contribution is -2.25. The summed E-state index contributed by atoms with van der Waals surface area (Å²) in [6.45, 7) is 5.57. The third kappa shape index (κ3) is 3.32. The van der Waals surface area contributed by atoms with E-state index in [9.17, 15) is 8.76 Å². The molecule has 0 aromatic heterocycles. The maximum Gasteiger partial charge on any atom is 0.0271 e. The summed E-state index contributed by atoms with van der Waals surface area (Å²) in [5, 5.41) is 0. The summed E-state index contributed by atoms with van der Waals surface area (Å²) in [6, 6.07) is 0. The molecule has 0 heterocycles. The summed E-state index contributed by atoms with van der Waals surface area (Å²) in [5.74, 6) is 0. The molecule has 0 radical (unpaired) electrons. The van der Waals surface area contributed by atoms with E-state index >= 15 is 0 Å². The largest absolute Gasteiger partial charge is 0.772 e. The first kappa shape index (κ1) is 10.1. The normalized spacial score (nSPS) is 15.2. The molecule has 10 heavy (non-hydrogen) atoms. The van der Waals surface area contributed by atoms with E-state index in [1.807, 2.05) is 0 Å². The van der Waals surface area contributed by atoms with Gasteiger partial charge >= 0.3 is 0 Å². The van der Waals surface area contributed by atoms with Gasteiger partial charge in [-0.05, 0) is 31.3 Å². The maximum absolute atomic E-state index is 10.5. The Balaban J connectivity index is 3.75. The van der Waals surface area contributed by atoms with Crippen molar-refractivity contribution >= 4 is 11.1 Å². The summed E-state index contributed by atoms with van der Waals surface area (Å²) in [6.07, 6.45) is 2.81. The van der Waals surface area contributed by atoms with Crippen molar-refractivity contribution in [2.45, 2.75) is 44.8 Å². The molecule has 1 atom stereocenters. The topological polar surface area (TPSA) is 40.1 Å². The molecule has 2 nitrogen and oxygen atoms in total. The zero-order valence-corrected chi connectivity index (χ0v) is 7.66. The number of rotatable bonds is 4. The van der Waals surface area contributed by atoms with Gasteiger partial charge in [0, 0.05) is 4.75 Å². The molecule has 0 saturated carbocycles. The van der Waals surface area contributed by atoms with Crippen molar-refractivity contribution in [2.75, 3.05) is 0 Å². The highest BCUT2D eigenvalue weighted by Gasteiger charge is 2.17. The molecule has 0 spiro atoms. The van der Waals surface area contributed by atoms with Gasteiger partial charge in [-0.15, -0.1) is 0 Å². The lowest BCUT2D eigenvalue weighted by Gasteiger charge is -2.26. The van der Waals surface area contributed by atoms with Gasteiger partial charge < -0.3 is 4.55 Å². The third-order valence-corrected chi connectivity index (χ3v) is 2.69. The van der Waals surface area contributed by atoms with E-state index in [4.69, 9.17) is 0 Å². The summed E-state index contributed by atoms with van der Waals surface area (Å²) < 4.78 is 20.5. The Labute approximate surface area is 65.3 Å². The molecule has 0 aliphatic heterocycles. The Morgan fingerprint density at radius 3 is 2.30 bits per heavy atom. The highest BCUT2D eigenvalue weighted by Crippen LogP contribution is 2.18. The maximum atomic E-state index is 10.5. The van der Waals surface area contributed by atoms with Crippen LogP contribution in [0, 0.1) is 0 Å². The second kappa shape index (κ2) is 4.09. The zero-order chi connectivity index (χ0) is 8.20. The quantitative estimate of drug-likeness (QED) is 0.593. The van der Waals surface area contributed by atoms with E-state index in [0.717, 1.165) is 19.3 Å². The minimum atomic E-state index is -1.93. The standard InChI is InChI=1S/C7H16O2S/c1-4-5-6-7(2,3)10(8)9/h4-6H2,1-3H3,(H,8,9)/p-1. The van der Waals surface area contributed by atoms with Crippen LogP contribution >= 0.6 is 0 Å². The van der Waals surface area contributed by atoms with Gasteiger partial charge in [0.1, 0.15) is 0 Å². The van der Waals surface area contributed by atoms with Crippen LogP contribution in [0.5, 0.6) is 0 Å². The fourth-order valence-corrected chi connectivity index (χ4v) is 0.997. The first-order valence-corrected chi connectivity index (χ1v) is 4.67. The molecule has 0 bridgehead atoms. The minimum Gasteiger partial charge on any atom is -0.772 e. The van der Waals surface area contributed by atoms with E-state index in [1.165, 1.54) is 0 Å². The number of unbranched alkanes of at least 4 members (excludes halogenated alkanes) is 1. The minimum absolute atomic E-state index is 0.532. The molecule has 0 fully saturated rings. The van der Waals surface area contributed by atoms with Gasteiger partial charge in [0.25, 0.3) is 0 Å². The molecule has 0 aromatic rings. The highest BCUT2D eigenvalue weighted by atomic mass is 32.2. The molecule has 0 rings (SSSR count). The van der Waals surface area contributed by atoms with Crippen molar-refractivity contribution in [1.29, 1.82) is 0 Å². The van der Waals surface area contributed by atoms with Crippen molar-refractivity contribution < 1.29 is 8.76 Å². The molecule has 0 aromatic carbocycles. The lowest BCUT2D eigenvalue weighted by molar-refractivity contribution is 0.473. The Hall–Kier alpha value is 0.110. The van der Waals surface area contributed by atoms with Crippen LogP contribution in [0.3, 0.4) is 0 Å². The van der Waals surface area contributed by atoms with Crippen molar-refractivity contribution in [1.82, 2.24) is 0 Å². The van der Waals surface area contributed by atoms with E-state index in [2.05, 4.69) is 6.92 Å². The third-order valence-electron chi connectivity index (χ3n) is 1.58.